The molecule has 1 N–H and O–H groups in total. The van der Waals surface area contributed by atoms with Crippen LogP contribution in [0.4, 0.5) is 26.3 Å². The largest absolute Gasteiger partial charge is 0.507 e. The third kappa shape index (κ3) is 5.18. The molecular weight excluding hydrogens is 476 g/mol. The van der Waals surface area contributed by atoms with Crippen LogP contribution in [-0.4, -0.2) is 27.2 Å². The SMILES string of the molecule is COc1ccc(-c2nc(-c3ccccc3)nc(-c3cc(C(F)(F)F)cc(C(F)(F)F)c3)n2)c(O)c1. The lowest BCUT2D eigenvalue weighted by Gasteiger charge is -2.15. The maximum atomic E-state index is 13.4. The lowest BCUT2D eigenvalue weighted by Crippen LogP contribution is -2.11. The Hall–Kier alpha value is -4.15. The van der Waals surface area contributed by atoms with Gasteiger partial charge in [0.25, 0.3) is 0 Å². The Morgan fingerprint density at radius 3 is 1.71 bits per heavy atom. The molecule has 0 aliphatic heterocycles. The van der Waals surface area contributed by atoms with Gasteiger partial charge in [-0.05, 0) is 30.3 Å². The molecule has 1 aromatic heterocycles. The Morgan fingerprint density at radius 1 is 0.657 bits per heavy atom. The van der Waals surface area contributed by atoms with Crippen LogP contribution in [0.15, 0.2) is 66.7 Å². The molecule has 0 bridgehead atoms. The van der Waals surface area contributed by atoms with Gasteiger partial charge in [0, 0.05) is 17.2 Å². The molecule has 35 heavy (non-hydrogen) atoms. The summed E-state index contributed by atoms with van der Waals surface area (Å²) in [4.78, 5) is 12.5. The zero-order valence-electron chi connectivity index (χ0n) is 17.8. The molecule has 0 aliphatic carbocycles. The number of phenolic OH excluding ortho intramolecular Hbond substituents is 1. The van der Waals surface area contributed by atoms with Crippen LogP contribution in [0.3, 0.4) is 0 Å². The highest BCUT2D eigenvalue weighted by molar-refractivity contribution is 5.71. The number of rotatable bonds is 4. The molecule has 3 aromatic carbocycles. The fourth-order valence-electron chi connectivity index (χ4n) is 3.25. The number of nitrogens with zero attached hydrogens (tertiary/aromatic N) is 3. The third-order valence-corrected chi connectivity index (χ3v) is 4.96. The average Bonchev–Trinajstić information content (AvgIpc) is 2.82. The van der Waals surface area contributed by atoms with Gasteiger partial charge in [-0.25, -0.2) is 15.0 Å². The summed E-state index contributed by atoms with van der Waals surface area (Å²) in [6.45, 7) is 0. The molecule has 180 valence electrons. The van der Waals surface area contributed by atoms with Crippen molar-refractivity contribution in [3.05, 3.63) is 77.9 Å². The van der Waals surface area contributed by atoms with E-state index < -0.39 is 34.9 Å². The van der Waals surface area contributed by atoms with E-state index in [1.807, 2.05) is 0 Å². The Bertz CT molecular complexity index is 1340. The van der Waals surface area contributed by atoms with E-state index in [1.54, 1.807) is 30.3 Å². The van der Waals surface area contributed by atoms with Gasteiger partial charge in [0.1, 0.15) is 11.5 Å². The molecule has 0 radical (unpaired) electrons. The normalized spacial score (nSPS) is 12.0. The standard InChI is InChI=1S/C24H15F6N3O2/c1-35-17-7-8-18(19(34)12-17)22-32-20(13-5-3-2-4-6-13)31-21(33-22)14-9-15(23(25,26)27)11-16(10-14)24(28,29)30/h2-12,34H,1H3. The number of aromatic hydroxyl groups is 1. The van der Waals surface area contributed by atoms with E-state index in [0.717, 1.165) is 0 Å². The number of alkyl halides is 6. The summed E-state index contributed by atoms with van der Waals surface area (Å²) in [6, 6.07) is 13.5. The summed E-state index contributed by atoms with van der Waals surface area (Å²) in [5.74, 6) is -0.579. The van der Waals surface area contributed by atoms with Gasteiger partial charge in [0.15, 0.2) is 17.5 Å². The molecule has 0 unspecified atom stereocenters. The Morgan fingerprint density at radius 2 is 1.20 bits per heavy atom. The molecule has 0 fully saturated rings. The van der Waals surface area contributed by atoms with Gasteiger partial charge in [-0.1, -0.05) is 30.3 Å². The molecule has 11 heteroatoms. The van der Waals surface area contributed by atoms with Gasteiger partial charge >= 0.3 is 12.4 Å². The van der Waals surface area contributed by atoms with Crippen LogP contribution in [0.25, 0.3) is 34.2 Å². The monoisotopic (exact) mass is 491 g/mol. The third-order valence-electron chi connectivity index (χ3n) is 4.96. The highest BCUT2D eigenvalue weighted by atomic mass is 19.4. The average molecular weight is 491 g/mol. The molecule has 4 rings (SSSR count). The Labute approximate surface area is 194 Å². The molecule has 4 aromatic rings. The highest BCUT2D eigenvalue weighted by Crippen LogP contribution is 2.39. The van der Waals surface area contributed by atoms with E-state index in [9.17, 15) is 31.4 Å². The van der Waals surface area contributed by atoms with Crippen LogP contribution < -0.4 is 4.74 Å². The van der Waals surface area contributed by atoms with Crippen molar-refractivity contribution in [2.24, 2.45) is 0 Å². The lowest BCUT2D eigenvalue weighted by molar-refractivity contribution is -0.143. The lowest BCUT2D eigenvalue weighted by atomic mass is 10.0. The van der Waals surface area contributed by atoms with E-state index in [4.69, 9.17) is 4.74 Å². The molecular formula is C24H15F6N3O2. The molecule has 0 saturated heterocycles. The molecule has 0 atom stereocenters. The number of benzene rings is 3. The Balaban J connectivity index is 1.98. The first kappa shape index (κ1) is 24.0. The highest BCUT2D eigenvalue weighted by Gasteiger charge is 2.37. The van der Waals surface area contributed by atoms with Gasteiger partial charge in [-0.3, -0.25) is 0 Å². The first-order valence-electron chi connectivity index (χ1n) is 9.94. The van der Waals surface area contributed by atoms with Gasteiger partial charge in [0.05, 0.1) is 23.8 Å². The van der Waals surface area contributed by atoms with E-state index >= 15 is 0 Å². The minimum absolute atomic E-state index is 0.00760. The van der Waals surface area contributed by atoms with Gasteiger partial charge < -0.3 is 9.84 Å². The number of hydrogen-bond donors (Lipinski definition) is 1. The molecule has 0 amide bonds. The van der Waals surface area contributed by atoms with Crippen LogP contribution >= 0.6 is 0 Å². The second-order valence-corrected chi connectivity index (χ2v) is 7.35. The molecule has 0 aliphatic rings. The first-order valence-corrected chi connectivity index (χ1v) is 9.94. The topological polar surface area (TPSA) is 68.1 Å². The van der Waals surface area contributed by atoms with Crippen molar-refractivity contribution in [2.75, 3.05) is 7.11 Å². The summed E-state index contributed by atoms with van der Waals surface area (Å²) in [5, 5.41) is 10.4. The Kier molecular flexibility index (Phi) is 6.10. The quantitative estimate of drug-likeness (QED) is 0.325. The molecule has 1 heterocycles. The molecule has 0 saturated carbocycles. The summed E-state index contributed by atoms with van der Waals surface area (Å²) in [7, 11) is 1.38. The van der Waals surface area contributed by atoms with E-state index in [0.29, 0.717) is 23.4 Å². The van der Waals surface area contributed by atoms with Crippen molar-refractivity contribution < 1.29 is 36.2 Å². The predicted octanol–water partition coefficient (Wildman–Crippen LogP) is 6.62. The van der Waals surface area contributed by atoms with E-state index in [2.05, 4.69) is 15.0 Å². The van der Waals surface area contributed by atoms with Crippen LogP contribution in [0.1, 0.15) is 11.1 Å². The number of phenols is 1. The zero-order chi connectivity index (χ0) is 25.4. The van der Waals surface area contributed by atoms with E-state index in [1.165, 1.54) is 25.3 Å². The minimum Gasteiger partial charge on any atom is -0.507 e. The number of ether oxygens (including phenoxy) is 1. The first-order chi connectivity index (χ1) is 16.5. The van der Waals surface area contributed by atoms with Crippen LogP contribution in [0.5, 0.6) is 11.5 Å². The van der Waals surface area contributed by atoms with Crippen LogP contribution in [0.2, 0.25) is 0 Å². The summed E-state index contributed by atoms with van der Waals surface area (Å²) < 4.78 is 85.4. The maximum Gasteiger partial charge on any atom is 0.416 e. The number of halogens is 6. The maximum absolute atomic E-state index is 13.4. The van der Waals surface area contributed by atoms with Crippen molar-refractivity contribution in [1.82, 2.24) is 15.0 Å². The summed E-state index contributed by atoms with van der Waals surface area (Å²) >= 11 is 0. The van der Waals surface area contributed by atoms with Gasteiger partial charge in [-0.15, -0.1) is 0 Å². The van der Waals surface area contributed by atoms with Crippen LogP contribution in [-0.2, 0) is 12.4 Å². The number of aromatic nitrogens is 3. The molecule has 0 spiro atoms. The molecule has 5 nitrogen and oxygen atoms in total. The van der Waals surface area contributed by atoms with Crippen molar-refractivity contribution in [1.29, 1.82) is 0 Å². The number of hydrogen-bond acceptors (Lipinski definition) is 5. The van der Waals surface area contributed by atoms with Crippen LogP contribution in [0, 0.1) is 0 Å². The number of methoxy groups -OCH3 is 1. The minimum atomic E-state index is -5.04. The van der Waals surface area contributed by atoms with Crippen molar-refractivity contribution in [2.45, 2.75) is 12.4 Å². The summed E-state index contributed by atoms with van der Waals surface area (Å²) in [6.07, 6.45) is -10.1. The van der Waals surface area contributed by atoms with Gasteiger partial charge in [0.2, 0.25) is 0 Å². The fraction of sp³-hybridized carbons (Fsp3) is 0.125. The van der Waals surface area contributed by atoms with Gasteiger partial charge in [-0.2, -0.15) is 26.3 Å². The smallest absolute Gasteiger partial charge is 0.416 e. The second-order valence-electron chi connectivity index (χ2n) is 7.35. The predicted molar refractivity (Wildman–Crippen MR) is 114 cm³/mol. The van der Waals surface area contributed by atoms with Crippen molar-refractivity contribution >= 4 is 0 Å². The van der Waals surface area contributed by atoms with E-state index in [-0.39, 0.29) is 29.0 Å². The second kappa shape index (κ2) is 8.90. The van der Waals surface area contributed by atoms with Crippen molar-refractivity contribution in [3.8, 4) is 45.7 Å². The van der Waals surface area contributed by atoms with Crippen molar-refractivity contribution in [3.63, 3.8) is 0 Å². The zero-order valence-corrected chi connectivity index (χ0v) is 17.8. The fourth-order valence-corrected chi connectivity index (χ4v) is 3.25. The summed E-state index contributed by atoms with van der Waals surface area (Å²) in [5.41, 5.74) is -3.00.